The van der Waals surface area contributed by atoms with Crippen LogP contribution in [-0.4, -0.2) is 12.1 Å². The van der Waals surface area contributed by atoms with Crippen molar-refractivity contribution in [2.75, 3.05) is 7.11 Å². The van der Waals surface area contributed by atoms with Crippen molar-refractivity contribution in [1.82, 2.24) is 10.3 Å². The van der Waals surface area contributed by atoms with Gasteiger partial charge >= 0.3 is 0 Å². The summed E-state index contributed by atoms with van der Waals surface area (Å²) < 4.78 is 10.5. The van der Waals surface area contributed by atoms with Crippen LogP contribution >= 0.6 is 0 Å². The Balaban J connectivity index is 1.73. The van der Waals surface area contributed by atoms with Crippen LogP contribution in [0, 0.1) is 0 Å². The van der Waals surface area contributed by atoms with Gasteiger partial charge in [-0.15, -0.1) is 0 Å². The lowest BCUT2D eigenvalue weighted by atomic mass is 10.1. The van der Waals surface area contributed by atoms with Crippen LogP contribution in [0.5, 0.6) is 5.75 Å². The van der Waals surface area contributed by atoms with Crippen LogP contribution in [0.25, 0.3) is 10.9 Å². The van der Waals surface area contributed by atoms with E-state index in [2.05, 4.69) is 16.4 Å². The van der Waals surface area contributed by atoms with Crippen LogP contribution in [0.1, 0.15) is 11.3 Å². The fraction of sp³-hybridized carbons (Fsp3) is 0.200. The minimum Gasteiger partial charge on any atom is -0.497 e. The van der Waals surface area contributed by atoms with E-state index >= 15 is 0 Å². The quantitative estimate of drug-likeness (QED) is 0.737. The number of aromatic amines is 1. The molecule has 0 radical (unpaired) electrons. The number of aromatic nitrogens is 1. The Morgan fingerprint density at radius 2 is 2.21 bits per heavy atom. The van der Waals surface area contributed by atoms with Gasteiger partial charge in [0.25, 0.3) is 0 Å². The van der Waals surface area contributed by atoms with E-state index in [1.165, 1.54) is 10.9 Å². The van der Waals surface area contributed by atoms with Crippen LogP contribution in [0.3, 0.4) is 0 Å². The Morgan fingerprint density at radius 3 is 3.00 bits per heavy atom. The van der Waals surface area contributed by atoms with Gasteiger partial charge in [0.15, 0.2) is 0 Å². The minimum atomic E-state index is 0.726. The van der Waals surface area contributed by atoms with Gasteiger partial charge in [0.05, 0.1) is 19.9 Å². The summed E-state index contributed by atoms with van der Waals surface area (Å²) in [4.78, 5) is 3.26. The summed E-state index contributed by atoms with van der Waals surface area (Å²) in [6.45, 7) is 1.51. The molecular weight excluding hydrogens is 240 g/mol. The van der Waals surface area contributed by atoms with E-state index in [0.29, 0.717) is 0 Å². The molecule has 3 aromatic rings. The number of ether oxygens (including phenoxy) is 1. The average molecular weight is 256 g/mol. The molecule has 4 nitrogen and oxygen atoms in total. The monoisotopic (exact) mass is 256 g/mol. The molecule has 2 heterocycles. The molecule has 2 aromatic heterocycles. The van der Waals surface area contributed by atoms with Crippen LogP contribution in [0.15, 0.2) is 47.2 Å². The van der Waals surface area contributed by atoms with Gasteiger partial charge in [0.1, 0.15) is 11.5 Å². The van der Waals surface area contributed by atoms with Crippen LogP contribution < -0.4 is 10.1 Å². The van der Waals surface area contributed by atoms with Gasteiger partial charge in [-0.1, -0.05) is 0 Å². The topological polar surface area (TPSA) is 50.2 Å². The first-order valence-electron chi connectivity index (χ1n) is 6.24. The van der Waals surface area contributed by atoms with Crippen molar-refractivity contribution >= 4 is 10.9 Å². The Bertz CT molecular complexity index is 656. The van der Waals surface area contributed by atoms with Gasteiger partial charge in [-0.05, 0) is 35.9 Å². The number of methoxy groups -OCH3 is 1. The van der Waals surface area contributed by atoms with E-state index < -0.39 is 0 Å². The Hall–Kier alpha value is -2.20. The van der Waals surface area contributed by atoms with Crippen LogP contribution in [0.2, 0.25) is 0 Å². The molecule has 0 aliphatic carbocycles. The zero-order chi connectivity index (χ0) is 13.1. The lowest BCUT2D eigenvalue weighted by Crippen LogP contribution is -2.11. The molecule has 98 valence electrons. The van der Waals surface area contributed by atoms with Gasteiger partial charge in [-0.3, -0.25) is 0 Å². The summed E-state index contributed by atoms with van der Waals surface area (Å²) >= 11 is 0. The third-order valence-corrected chi connectivity index (χ3v) is 3.17. The molecule has 0 aliphatic heterocycles. The van der Waals surface area contributed by atoms with Crippen molar-refractivity contribution in [3.05, 3.63) is 54.1 Å². The summed E-state index contributed by atoms with van der Waals surface area (Å²) in [5, 5.41) is 4.55. The highest BCUT2D eigenvalue weighted by atomic mass is 16.5. The SMILES string of the molecule is COc1ccc2[nH]cc(CNCc3ccco3)c2c1. The highest BCUT2D eigenvalue weighted by Crippen LogP contribution is 2.23. The molecule has 4 heteroatoms. The Labute approximate surface area is 111 Å². The number of H-pyrrole nitrogens is 1. The van der Waals surface area contributed by atoms with Gasteiger partial charge < -0.3 is 19.5 Å². The van der Waals surface area contributed by atoms with Gasteiger partial charge in [-0.25, -0.2) is 0 Å². The molecule has 0 spiro atoms. The predicted octanol–water partition coefficient (Wildman–Crippen LogP) is 3.06. The molecule has 0 bridgehead atoms. The van der Waals surface area contributed by atoms with Gasteiger partial charge in [0.2, 0.25) is 0 Å². The molecule has 0 aliphatic rings. The maximum Gasteiger partial charge on any atom is 0.119 e. The third kappa shape index (κ3) is 2.48. The molecule has 0 fully saturated rings. The number of furan rings is 1. The molecule has 2 N–H and O–H groups in total. The van der Waals surface area contributed by atoms with E-state index in [0.717, 1.165) is 30.1 Å². The molecule has 0 unspecified atom stereocenters. The normalized spacial score (nSPS) is 11.0. The predicted molar refractivity (Wildman–Crippen MR) is 74.1 cm³/mol. The first kappa shape index (κ1) is 11.9. The maximum absolute atomic E-state index is 5.29. The Morgan fingerprint density at radius 1 is 1.26 bits per heavy atom. The van der Waals surface area contributed by atoms with E-state index in [1.54, 1.807) is 13.4 Å². The second-order valence-corrected chi connectivity index (χ2v) is 4.41. The molecule has 1 aromatic carbocycles. The summed E-state index contributed by atoms with van der Waals surface area (Å²) in [6.07, 6.45) is 3.72. The summed E-state index contributed by atoms with van der Waals surface area (Å²) in [5.74, 6) is 1.82. The number of fused-ring (bicyclic) bond motifs is 1. The van der Waals surface area contributed by atoms with Crippen molar-refractivity contribution in [3.63, 3.8) is 0 Å². The van der Waals surface area contributed by atoms with Crippen molar-refractivity contribution in [3.8, 4) is 5.75 Å². The zero-order valence-corrected chi connectivity index (χ0v) is 10.8. The molecule has 0 atom stereocenters. The number of benzene rings is 1. The lowest BCUT2D eigenvalue weighted by molar-refractivity contribution is 0.415. The highest BCUT2D eigenvalue weighted by Gasteiger charge is 2.05. The number of rotatable bonds is 5. The lowest BCUT2D eigenvalue weighted by Gasteiger charge is -2.03. The summed E-state index contributed by atoms with van der Waals surface area (Å²) in [6, 6.07) is 9.90. The van der Waals surface area contributed by atoms with Crippen molar-refractivity contribution < 1.29 is 9.15 Å². The van der Waals surface area contributed by atoms with Crippen molar-refractivity contribution in [1.29, 1.82) is 0 Å². The average Bonchev–Trinajstić information content (AvgIpc) is 3.08. The zero-order valence-electron chi connectivity index (χ0n) is 10.8. The standard InChI is InChI=1S/C15H16N2O2/c1-18-12-4-5-15-14(7-12)11(9-17-15)8-16-10-13-3-2-6-19-13/h2-7,9,16-17H,8,10H2,1H3. The number of hydrogen-bond donors (Lipinski definition) is 2. The van der Waals surface area contributed by atoms with Crippen molar-refractivity contribution in [2.24, 2.45) is 0 Å². The van der Waals surface area contributed by atoms with E-state index in [9.17, 15) is 0 Å². The van der Waals surface area contributed by atoms with Gasteiger partial charge in [0, 0.05) is 23.6 Å². The second kappa shape index (κ2) is 5.20. The molecule has 0 saturated heterocycles. The first-order chi connectivity index (χ1) is 9.36. The Kier molecular flexibility index (Phi) is 3.25. The molecule has 19 heavy (non-hydrogen) atoms. The first-order valence-corrected chi connectivity index (χ1v) is 6.24. The summed E-state index contributed by atoms with van der Waals surface area (Å²) in [5.41, 5.74) is 2.34. The second-order valence-electron chi connectivity index (χ2n) is 4.41. The fourth-order valence-corrected chi connectivity index (χ4v) is 2.16. The number of hydrogen-bond acceptors (Lipinski definition) is 3. The van der Waals surface area contributed by atoms with Crippen LogP contribution in [-0.2, 0) is 13.1 Å². The van der Waals surface area contributed by atoms with E-state index in [-0.39, 0.29) is 0 Å². The van der Waals surface area contributed by atoms with E-state index in [1.807, 2.05) is 30.5 Å². The van der Waals surface area contributed by atoms with Crippen LogP contribution in [0.4, 0.5) is 0 Å². The van der Waals surface area contributed by atoms with E-state index in [4.69, 9.17) is 9.15 Å². The number of nitrogens with one attached hydrogen (secondary N) is 2. The molecule has 0 amide bonds. The third-order valence-electron chi connectivity index (χ3n) is 3.17. The van der Waals surface area contributed by atoms with Gasteiger partial charge in [-0.2, -0.15) is 0 Å². The van der Waals surface area contributed by atoms with Crippen molar-refractivity contribution in [2.45, 2.75) is 13.1 Å². The largest absolute Gasteiger partial charge is 0.497 e. The summed E-state index contributed by atoms with van der Waals surface area (Å²) in [7, 11) is 1.68. The molecule has 0 saturated carbocycles. The smallest absolute Gasteiger partial charge is 0.119 e. The highest BCUT2D eigenvalue weighted by molar-refractivity contribution is 5.84. The molecular formula is C15H16N2O2. The maximum atomic E-state index is 5.29. The molecule has 3 rings (SSSR count). The minimum absolute atomic E-state index is 0.726. The fourth-order valence-electron chi connectivity index (χ4n) is 2.16.